The van der Waals surface area contributed by atoms with Crippen LogP contribution in [0.3, 0.4) is 0 Å². The van der Waals surface area contributed by atoms with Crippen LogP contribution in [0.15, 0.2) is 23.8 Å². The topological polar surface area (TPSA) is 63.6 Å². The molecule has 1 saturated carbocycles. The highest BCUT2D eigenvalue weighted by molar-refractivity contribution is 6.31. The highest BCUT2D eigenvalue weighted by atomic mass is 35.5. The summed E-state index contributed by atoms with van der Waals surface area (Å²) in [6, 6.07) is 5.07. The van der Waals surface area contributed by atoms with Crippen molar-refractivity contribution in [2.75, 3.05) is 6.61 Å². The summed E-state index contributed by atoms with van der Waals surface area (Å²) in [5.41, 5.74) is 0.277. The van der Waals surface area contributed by atoms with Crippen LogP contribution in [-0.2, 0) is 19.7 Å². The van der Waals surface area contributed by atoms with Gasteiger partial charge in [-0.3, -0.25) is 4.79 Å². The van der Waals surface area contributed by atoms with E-state index < -0.39 is 11.4 Å². The van der Waals surface area contributed by atoms with E-state index >= 15 is 0 Å². The third-order valence-corrected chi connectivity index (χ3v) is 4.57. The number of fused-ring (bicyclic) bond motifs is 2. The van der Waals surface area contributed by atoms with Crippen molar-refractivity contribution in [1.29, 1.82) is 0 Å². The summed E-state index contributed by atoms with van der Waals surface area (Å²) < 4.78 is 4.92. The van der Waals surface area contributed by atoms with Gasteiger partial charge in [0.2, 0.25) is 0 Å². The van der Waals surface area contributed by atoms with Gasteiger partial charge in [0.25, 0.3) is 0 Å². The van der Waals surface area contributed by atoms with Gasteiger partial charge in [0.1, 0.15) is 11.3 Å². The number of Topliss-reactive ketones (excluding diaryl/α,β-unsaturated/α-hetero) is 1. The molecule has 4 nitrogen and oxygen atoms in total. The lowest BCUT2D eigenvalue weighted by molar-refractivity contribution is -0.141. The molecule has 1 aromatic rings. The first-order valence-corrected chi connectivity index (χ1v) is 7.34. The summed E-state index contributed by atoms with van der Waals surface area (Å²) in [5.74, 6) is -1.43. The summed E-state index contributed by atoms with van der Waals surface area (Å²) in [5, 5.41) is 10.8. The predicted molar refractivity (Wildman–Crippen MR) is 78.2 cm³/mol. The van der Waals surface area contributed by atoms with Crippen molar-refractivity contribution in [1.82, 2.24) is 0 Å². The van der Waals surface area contributed by atoms with Gasteiger partial charge in [-0.15, -0.1) is 0 Å². The lowest BCUT2D eigenvalue weighted by atomic mass is 9.57. The predicted octanol–water partition coefficient (Wildman–Crippen LogP) is 3.18. The molecule has 2 aliphatic carbocycles. The van der Waals surface area contributed by atoms with Gasteiger partial charge in [-0.25, -0.2) is 4.79 Å². The molecule has 0 aromatic heterocycles. The second-order valence-electron chi connectivity index (χ2n) is 5.40. The summed E-state index contributed by atoms with van der Waals surface area (Å²) in [6.07, 6.45) is 2.28. The number of benzene rings is 1. The van der Waals surface area contributed by atoms with E-state index in [0.717, 1.165) is 12.0 Å². The summed E-state index contributed by atoms with van der Waals surface area (Å²) in [7, 11) is 0. The molecule has 0 amide bonds. The second kappa shape index (κ2) is 4.88. The molecule has 0 aliphatic heterocycles. The molecule has 110 valence electrons. The molecule has 0 saturated heterocycles. The summed E-state index contributed by atoms with van der Waals surface area (Å²) in [6.45, 7) is 1.81. The first-order valence-electron chi connectivity index (χ1n) is 6.97. The first kappa shape index (κ1) is 14.1. The van der Waals surface area contributed by atoms with Crippen molar-refractivity contribution in [2.24, 2.45) is 0 Å². The largest absolute Gasteiger partial charge is 0.506 e. The van der Waals surface area contributed by atoms with Crippen LogP contribution in [-0.4, -0.2) is 23.5 Å². The van der Waals surface area contributed by atoms with Crippen LogP contribution < -0.4 is 0 Å². The molecule has 1 spiro atoms. The zero-order valence-corrected chi connectivity index (χ0v) is 12.4. The van der Waals surface area contributed by atoms with Gasteiger partial charge in [0, 0.05) is 10.6 Å². The highest BCUT2D eigenvalue weighted by Crippen LogP contribution is 2.51. The molecule has 21 heavy (non-hydrogen) atoms. The van der Waals surface area contributed by atoms with Crippen LogP contribution in [0, 0.1) is 0 Å². The Morgan fingerprint density at radius 2 is 2.14 bits per heavy atom. The quantitative estimate of drug-likeness (QED) is 0.673. The molecule has 3 rings (SSSR count). The fourth-order valence-corrected chi connectivity index (χ4v) is 3.32. The van der Waals surface area contributed by atoms with Crippen LogP contribution in [0.2, 0.25) is 5.02 Å². The van der Waals surface area contributed by atoms with E-state index in [4.69, 9.17) is 16.3 Å². The zero-order chi connectivity index (χ0) is 15.2. The number of aliphatic hydroxyl groups is 1. The van der Waals surface area contributed by atoms with Crippen LogP contribution >= 0.6 is 11.6 Å². The maximum Gasteiger partial charge on any atom is 0.345 e. The minimum Gasteiger partial charge on any atom is -0.506 e. The number of carbonyl (C=O) groups excluding carboxylic acids is 2. The number of rotatable bonds is 2. The molecule has 1 aromatic carbocycles. The van der Waals surface area contributed by atoms with Gasteiger partial charge in [-0.05, 0) is 37.5 Å². The van der Waals surface area contributed by atoms with E-state index in [1.807, 2.05) is 0 Å². The lowest BCUT2D eigenvalue weighted by Crippen LogP contribution is -2.47. The Kier molecular flexibility index (Phi) is 3.29. The van der Waals surface area contributed by atoms with Gasteiger partial charge in [0.15, 0.2) is 5.78 Å². The molecule has 0 bridgehead atoms. The Hall–Kier alpha value is -1.81. The highest BCUT2D eigenvalue weighted by Gasteiger charge is 2.53. The zero-order valence-electron chi connectivity index (χ0n) is 11.6. The fourth-order valence-electron chi connectivity index (χ4n) is 3.15. The Morgan fingerprint density at radius 3 is 2.71 bits per heavy atom. The van der Waals surface area contributed by atoms with Crippen LogP contribution in [0.5, 0.6) is 0 Å². The number of hydrogen-bond donors (Lipinski definition) is 1. The van der Waals surface area contributed by atoms with E-state index in [-0.39, 0.29) is 23.7 Å². The van der Waals surface area contributed by atoms with Crippen molar-refractivity contribution in [3.05, 3.63) is 39.9 Å². The maximum atomic E-state index is 12.8. The Bertz CT molecular complexity index is 671. The van der Waals surface area contributed by atoms with Crippen molar-refractivity contribution in [3.63, 3.8) is 0 Å². The number of esters is 1. The number of ketones is 1. The Labute approximate surface area is 127 Å². The number of halogens is 1. The van der Waals surface area contributed by atoms with E-state index in [1.54, 1.807) is 25.1 Å². The minimum atomic E-state index is -0.767. The smallest absolute Gasteiger partial charge is 0.345 e. The van der Waals surface area contributed by atoms with Crippen LogP contribution in [0.25, 0.3) is 5.76 Å². The van der Waals surface area contributed by atoms with Gasteiger partial charge in [-0.2, -0.15) is 0 Å². The molecule has 0 unspecified atom stereocenters. The van der Waals surface area contributed by atoms with E-state index in [2.05, 4.69) is 0 Å². The number of ether oxygens (including phenoxy) is 1. The number of aliphatic hydroxyl groups excluding tert-OH is 1. The van der Waals surface area contributed by atoms with Gasteiger partial charge < -0.3 is 9.84 Å². The average Bonchev–Trinajstić information content (AvgIpc) is 2.38. The molecule has 0 atom stereocenters. The number of carbonyl (C=O) groups is 2. The van der Waals surface area contributed by atoms with Crippen LogP contribution in [0.1, 0.15) is 37.3 Å². The van der Waals surface area contributed by atoms with Crippen molar-refractivity contribution in [2.45, 2.75) is 31.6 Å². The van der Waals surface area contributed by atoms with Crippen molar-refractivity contribution >= 4 is 29.1 Å². The Balaban J connectivity index is 2.22. The molecule has 1 fully saturated rings. The fraction of sp³-hybridized carbons (Fsp3) is 0.375. The Morgan fingerprint density at radius 1 is 1.43 bits per heavy atom. The van der Waals surface area contributed by atoms with Gasteiger partial charge in [-0.1, -0.05) is 24.1 Å². The molecule has 0 heterocycles. The summed E-state index contributed by atoms with van der Waals surface area (Å²) in [4.78, 5) is 24.8. The first-order chi connectivity index (χ1) is 10.0. The van der Waals surface area contributed by atoms with Crippen molar-refractivity contribution in [3.8, 4) is 0 Å². The average molecular weight is 307 g/mol. The SMILES string of the molecule is CCOC(=O)C1=C(O)c2cc(Cl)ccc2C2(CCC2)C1=O. The third kappa shape index (κ3) is 1.89. The normalized spacial score (nSPS) is 19.2. The van der Waals surface area contributed by atoms with Gasteiger partial charge >= 0.3 is 5.97 Å². The number of hydrogen-bond acceptors (Lipinski definition) is 4. The molecule has 2 aliphatic rings. The van der Waals surface area contributed by atoms with E-state index in [0.29, 0.717) is 23.4 Å². The minimum absolute atomic E-state index is 0.151. The van der Waals surface area contributed by atoms with Crippen molar-refractivity contribution < 1.29 is 19.4 Å². The standard InChI is InChI=1S/C16H15ClO4/c1-2-21-15(20)12-13(18)10-8-9(17)4-5-11(10)16(14(12)19)6-3-7-16/h4-5,8,18H,2-3,6-7H2,1H3. The van der Waals surface area contributed by atoms with Gasteiger partial charge in [0.05, 0.1) is 12.0 Å². The second-order valence-corrected chi connectivity index (χ2v) is 5.84. The lowest BCUT2D eigenvalue weighted by Gasteiger charge is -2.44. The monoisotopic (exact) mass is 306 g/mol. The molecule has 5 heteroatoms. The third-order valence-electron chi connectivity index (χ3n) is 4.34. The molecular formula is C16H15ClO4. The summed E-state index contributed by atoms with van der Waals surface area (Å²) >= 11 is 5.99. The molecular weight excluding hydrogens is 292 g/mol. The molecule has 1 N–H and O–H groups in total. The van der Waals surface area contributed by atoms with E-state index in [9.17, 15) is 14.7 Å². The van der Waals surface area contributed by atoms with E-state index in [1.165, 1.54) is 0 Å². The van der Waals surface area contributed by atoms with Crippen LogP contribution in [0.4, 0.5) is 0 Å². The molecule has 0 radical (unpaired) electrons. The maximum absolute atomic E-state index is 12.8.